The van der Waals surface area contributed by atoms with Crippen LogP contribution in [-0.4, -0.2) is 92.4 Å². The van der Waals surface area contributed by atoms with Crippen LogP contribution in [-0.2, 0) is 33.6 Å². The minimum Gasteiger partial charge on any atom is -0.497 e. The van der Waals surface area contributed by atoms with Crippen molar-refractivity contribution >= 4 is 8.53 Å². The van der Waals surface area contributed by atoms with E-state index in [9.17, 15) is 14.9 Å². The molecule has 1 fully saturated rings. The topological polar surface area (TPSA) is 156 Å². The van der Waals surface area contributed by atoms with Gasteiger partial charge in [-0.25, -0.2) is 9.46 Å². The molecule has 0 bridgehead atoms. The third-order valence-corrected chi connectivity index (χ3v) is 11.9. The van der Waals surface area contributed by atoms with E-state index in [1.165, 1.54) is 10.8 Å². The van der Waals surface area contributed by atoms with Crippen molar-refractivity contribution in [1.82, 2.24) is 14.2 Å². The van der Waals surface area contributed by atoms with E-state index in [4.69, 9.17) is 37.5 Å². The number of hydrogen-bond acceptors (Lipinski definition) is 12. The molecule has 1 saturated heterocycles. The van der Waals surface area contributed by atoms with Gasteiger partial charge in [0.15, 0.2) is 6.23 Å². The molecule has 1 unspecified atom stereocenters. The molecule has 0 amide bonds. The number of H-pyrrole nitrogens is 1. The zero-order valence-corrected chi connectivity index (χ0v) is 35.3. The summed E-state index contributed by atoms with van der Waals surface area (Å²) in [6.45, 7) is 10.3. The van der Waals surface area contributed by atoms with Gasteiger partial charge in [0, 0.05) is 31.0 Å². The number of benzene rings is 3. The SMILES string of the molecule is COCCO[C@H]1[C@@H](OP(OCCC#N)N(C(C)C)C(C)C)[C@H](n2cc(C)c(=O)[nH]c2=O)O[C@@H]1COC(c1ccccc1)(c1ccc(OC)cc1)c1ccc(OC)cc1. The molecule has 58 heavy (non-hydrogen) atoms. The normalized spacial score (nSPS) is 18.8. The van der Waals surface area contributed by atoms with Crippen molar-refractivity contribution in [3.05, 3.63) is 128 Å². The van der Waals surface area contributed by atoms with Crippen LogP contribution < -0.4 is 20.7 Å². The maximum absolute atomic E-state index is 13.6. The van der Waals surface area contributed by atoms with E-state index in [1.54, 1.807) is 28.3 Å². The molecule has 312 valence electrons. The molecule has 0 radical (unpaired) electrons. The smallest absolute Gasteiger partial charge is 0.330 e. The number of ether oxygens (including phenoxy) is 6. The largest absolute Gasteiger partial charge is 0.497 e. The predicted octanol–water partition coefficient (Wildman–Crippen LogP) is 6.46. The van der Waals surface area contributed by atoms with Gasteiger partial charge < -0.3 is 37.5 Å². The first kappa shape index (κ1) is 44.7. The fourth-order valence-corrected chi connectivity index (χ4v) is 8.84. The second kappa shape index (κ2) is 21.0. The van der Waals surface area contributed by atoms with Gasteiger partial charge in [-0.15, -0.1) is 0 Å². The van der Waals surface area contributed by atoms with Gasteiger partial charge in [0.1, 0.15) is 35.4 Å². The van der Waals surface area contributed by atoms with Crippen LogP contribution in [0, 0.1) is 18.3 Å². The number of rotatable bonds is 21. The van der Waals surface area contributed by atoms with E-state index in [1.807, 2.05) is 107 Å². The third-order valence-electron chi connectivity index (χ3n) is 9.82. The molecule has 0 spiro atoms. The summed E-state index contributed by atoms with van der Waals surface area (Å²) < 4.78 is 53.9. The quantitative estimate of drug-likeness (QED) is 0.0557. The molecule has 0 aliphatic carbocycles. The van der Waals surface area contributed by atoms with E-state index in [2.05, 4.69) is 15.7 Å². The number of nitrogens with zero attached hydrogens (tertiary/aromatic N) is 3. The first-order valence-corrected chi connectivity index (χ1v) is 20.4. The Balaban J connectivity index is 1.67. The lowest BCUT2D eigenvalue weighted by molar-refractivity contribution is -0.107. The molecule has 5 rings (SSSR count). The van der Waals surface area contributed by atoms with Gasteiger partial charge in [0.05, 0.1) is 53.1 Å². The van der Waals surface area contributed by atoms with Gasteiger partial charge in [0.25, 0.3) is 14.1 Å². The van der Waals surface area contributed by atoms with Crippen molar-refractivity contribution in [3.63, 3.8) is 0 Å². The zero-order chi connectivity index (χ0) is 41.8. The monoisotopic (exact) mass is 818 g/mol. The number of methoxy groups -OCH3 is 3. The van der Waals surface area contributed by atoms with E-state index in [0.29, 0.717) is 17.1 Å². The molecule has 15 heteroatoms. The lowest BCUT2D eigenvalue weighted by Crippen LogP contribution is -2.44. The minimum absolute atomic E-state index is 0.0144. The van der Waals surface area contributed by atoms with Crippen LogP contribution in [0.3, 0.4) is 0 Å². The third kappa shape index (κ3) is 10.2. The highest BCUT2D eigenvalue weighted by molar-refractivity contribution is 7.44. The van der Waals surface area contributed by atoms with Crippen LogP contribution in [0.2, 0.25) is 0 Å². The standard InChI is InChI=1S/C43H55N4O10P/c1-29(2)47(30(3)4)58(55-24-12-23-44)57-39-38(53-26-25-50-6)37(56-41(39)46-27-31(5)40(48)45-42(46)49)28-54-43(32-13-10-9-11-14-32,33-15-19-35(51-7)20-16-33)34-17-21-36(52-8)22-18-34/h9-11,13-22,27,29-30,37-39,41H,12,24-26,28H2,1-8H3,(H,45,48,49)/t37-,38-,39-,41-,58?/m1/s1. The highest BCUT2D eigenvalue weighted by Crippen LogP contribution is 2.51. The molecule has 1 N–H and O–H groups in total. The summed E-state index contributed by atoms with van der Waals surface area (Å²) in [7, 11) is 2.98. The Morgan fingerprint density at radius 2 is 1.43 bits per heavy atom. The first-order valence-electron chi connectivity index (χ1n) is 19.3. The van der Waals surface area contributed by atoms with E-state index in [-0.39, 0.29) is 44.9 Å². The summed E-state index contributed by atoms with van der Waals surface area (Å²) >= 11 is 0. The second-order valence-corrected chi connectivity index (χ2v) is 15.7. The Labute approximate surface area is 341 Å². The maximum atomic E-state index is 13.6. The Kier molecular flexibility index (Phi) is 16.2. The molecule has 5 atom stereocenters. The van der Waals surface area contributed by atoms with Crippen LogP contribution in [0.5, 0.6) is 11.5 Å². The molecule has 2 heterocycles. The minimum atomic E-state index is -1.84. The Morgan fingerprint density at radius 1 is 0.845 bits per heavy atom. The summed E-state index contributed by atoms with van der Waals surface area (Å²) in [6.07, 6.45) is -2.13. The lowest BCUT2D eigenvalue weighted by atomic mass is 9.80. The van der Waals surface area contributed by atoms with Gasteiger partial charge in [-0.05, 0) is 75.6 Å². The number of nitrogens with one attached hydrogen (secondary N) is 1. The number of aryl methyl sites for hydroxylation is 1. The fourth-order valence-electron chi connectivity index (χ4n) is 7.10. The van der Waals surface area contributed by atoms with Crippen LogP contribution in [0.25, 0.3) is 0 Å². The Bertz CT molecular complexity index is 1980. The zero-order valence-electron chi connectivity index (χ0n) is 34.5. The molecule has 1 aliphatic heterocycles. The number of hydrogen-bond donors (Lipinski definition) is 1. The molecular formula is C43H55N4O10P. The Hall–Kier alpha value is -4.42. The van der Waals surface area contributed by atoms with E-state index in [0.717, 1.165) is 16.7 Å². The first-order chi connectivity index (χ1) is 28.0. The van der Waals surface area contributed by atoms with Gasteiger partial charge in [-0.3, -0.25) is 14.3 Å². The van der Waals surface area contributed by atoms with E-state index < -0.39 is 49.9 Å². The van der Waals surface area contributed by atoms with E-state index >= 15 is 0 Å². The average Bonchev–Trinajstić information content (AvgIpc) is 3.56. The highest BCUT2D eigenvalue weighted by Gasteiger charge is 2.51. The summed E-state index contributed by atoms with van der Waals surface area (Å²) in [4.78, 5) is 28.6. The number of aromatic amines is 1. The van der Waals surface area contributed by atoms with Crippen molar-refractivity contribution < 1.29 is 37.5 Å². The predicted molar refractivity (Wildman–Crippen MR) is 220 cm³/mol. The van der Waals surface area contributed by atoms with Gasteiger partial charge in [0.2, 0.25) is 0 Å². The molecule has 1 aliphatic rings. The van der Waals surface area contributed by atoms with Gasteiger partial charge in [-0.1, -0.05) is 54.6 Å². The molecule has 3 aromatic carbocycles. The summed E-state index contributed by atoms with van der Waals surface area (Å²) in [6, 6.07) is 27.4. The summed E-state index contributed by atoms with van der Waals surface area (Å²) in [5.41, 5.74) is 0.393. The van der Waals surface area contributed by atoms with Crippen LogP contribution in [0.15, 0.2) is 94.6 Å². The number of aromatic nitrogens is 2. The van der Waals surface area contributed by atoms with Gasteiger partial charge >= 0.3 is 5.69 Å². The fraction of sp³-hybridized carbons (Fsp3) is 0.465. The van der Waals surface area contributed by atoms with Crippen LogP contribution in [0.1, 0.15) is 62.6 Å². The molecular weight excluding hydrogens is 763 g/mol. The van der Waals surface area contributed by atoms with Crippen molar-refractivity contribution in [2.75, 3.05) is 47.8 Å². The van der Waals surface area contributed by atoms with Crippen molar-refractivity contribution in [2.45, 2.75) is 83.3 Å². The van der Waals surface area contributed by atoms with Crippen molar-refractivity contribution in [1.29, 1.82) is 5.26 Å². The lowest BCUT2D eigenvalue weighted by Gasteiger charge is -2.38. The Morgan fingerprint density at radius 3 is 1.97 bits per heavy atom. The highest BCUT2D eigenvalue weighted by atomic mass is 31.2. The van der Waals surface area contributed by atoms with Gasteiger partial charge in [-0.2, -0.15) is 5.26 Å². The van der Waals surface area contributed by atoms with Crippen molar-refractivity contribution in [3.8, 4) is 17.6 Å². The van der Waals surface area contributed by atoms with Crippen LogP contribution in [0.4, 0.5) is 0 Å². The summed E-state index contributed by atoms with van der Waals surface area (Å²) in [5.74, 6) is 1.36. The van der Waals surface area contributed by atoms with Crippen LogP contribution >= 0.6 is 8.53 Å². The summed E-state index contributed by atoms with van der Waals surface area (Å²) in [5, 5.41) is 9.39. The van der Waals surface area contributed by atoms with Crippen molar-refractivity contribution in [2.24, 2.45) is 0 Å². The molecule has 4 aromatic rings. The molecule has 1 aromatic heterocycles. The maximum Gasteiger partial charge on any atom is 0.330 e. The average molecular weight is 819 g/mol. The second-order valence-electron chi connectivity index (χ2n) is 14.3. The molecule has 0 saturated carbocycles. The number of nitriles is 1. The molecule has 14 nitrogen and oxygen atoms in total.